The molecule has 146 valence electrons. The molecule has 3 rings (SSSR count). The lowest BCUT2D eigenvalue weighted by molar-refractivity contribution is 0.0934. The molecule has 1 aromatic carbocycles. The summed E-state index contributed by atoms with van der Waals surface area (Å²) in [5.74, 6) is -2.31. The highest BCUT2D eigenvalue weighted by Gasteiger charge is 2.35. The summed E-state index contributed by atoms with van der Waals surface area (Å²) in [5, 5.41) is 6.00. The number of nitrogens with one attached hydrogen (secondary N) is 1. The third-order valence-electron chi connectivity index (χ3n) is 4.64. The Labute approximate surface area is 154 Å². The Hall–Kier alpha value is -2.38. The van der Waals surface area contributed by atoms with Gasteiger partial charge in [-0.1, -0.05) is 26.0 Å². The third-order valence-corrected chi connectivity index (χ3v) is 4.64. The summed E-state index contributed by atoms with van der Waals surface area (Å²) in [6.07, 6.45) is -1.59. The minimum absolute atomic E-state index is 0.00376. The van der Waals surface area contributed by atoms with Crippen LogP contribution in [0.2, 0.25) is 0 Å². The normalized spacial score (nSPS) is 14.2. The molecule has 0 radical (unpaired) electrons. The van der Waals surface area contributed by atoms with Gasteiger partial charge in [-0.05, 0) is 42.4 Å². The minimum Gasteiger partial charge on any atom is -0.351 e. The number of alkyl halides is 2. The number of carbonyl (C=O) groups excluding carboxylic acids is 1. The van der Waals surface area contributed by atoms with Crippen LogP contribution >= 0.6 is 0 Å². The van der Waals surface area contributed by atoms with Crippen LogP contribution < -0.4 is 5.32 Å². The molecule has 0 spiro atoms. The van der Waals surface area contributed by atoms with Crippen LogP contribution in [0, 0.1) is 11.8 Å². The Balaban J connectivity index is 1.74. The van der Waals surface area contributed by atoms with Crippen LogP contribution in [0.5, 0.6) is 0 Å². The number of carbonyl (C=O) groups is 1. The van der Waals surface area contributed by atoms with E-state index in [0.717, 1.165) is 10.2 Å². The number of aromatic nitrogens is 2. The molecule has 4 nitrogen and oxygen atoms in total. The number of amides is 1. The molecule has 0 aliphatic heterocycles. The summed E-state index contributed by atoms with van der Waals surface area (Å²) in [5.41, 5.74) is -0.318. The molecule has 1 fully saturated rings. The van der Waals surface area contributed by atoms with E-state index in [1.807, 2.05) is 13.8 Å². The monoisotopic (exact) mass is 383 g/mol. The van der Waals surface area contributed by atoms with E-state index in [2.05, 4.69) is 10.4 Å². The van der Waals surface area contributed by atoms with Gasteiger partial charge in [-0.2, -0.15) is 9.49 Å². The largest absolute Gasteiger partial charge is 0.351 e. The van der Waals surface area contributed by atoms with Crippen molar-refractivity contribution in [3.63, 3.8) is 0 Å². The van der Waals surface area contributed by atoms with E-state index in [9.17, 15) is 22.4 Å². The molecule has 0 atom stereocenters. The van der Waals surface area contributed by atoms with Gasteiger partial charge in [-0.25, -0.2) is 17.9 Å². The van der Waals surface area contributed by atoms with Crippen LogP contribution in [0.3, 0.4) is 0 Å². The Kier molecular flexibility index (Phi) is 5.53. The maximum absolute atomic E-state index is 14.4. The van der Waals surface area contributed by atoms with Crippen molar-refractivity contribution in [3.8, 4) is 0 Å². The van der Waals surface area contributed by atoms with Crippen molar-refractivity contribution in [2.45, 2.75) is 51.5 Å². The van der Waals surface area contributed by atoms with E-state index in [1.54, 1.807) is 12.1 Å². The van der Waals surface area contributed by atoms with Gasteiger partial charge in [0, 0.05) is 6.54 Å². The summed E-state index contributed by atoms with van der Waals surface area (Å²) >= 11 is 0. The fraction of sp³-hybridized carbons (Fsp3) is 0.474. The van der Waals surface area contributed by atoms with Gasteiger partial charge < -0.3 is 5.32 Å². The first-order valence-electron chi connectivity index (χ1n) is 8.92. The zero-order chi connectivity index (χ0) is 19.7. The number of nitrogens with zero attached hydrogens (tertiary/aromatic N) is 2. The molecule has 1 saturated carbocycles. The topological polar surface area (TPSA) is 46.9 Å². The number of benzene rings is 1. The van der Waals surface area contributed by atoms with Gasteiger partial charge in [0.25, 0.3) is 12.3 Å². The molecule has 27 heavy (non-hydrogen) atoms. The standard InChI is InChI=1S/C19H21F4N3O/c1-10(2)12-4-3-5-14(20)13(12)8-9-24-19(27)15-16(17(21)22)25-26(18(15)23)11-6-7-11/h3-5,10-11,17H,6-9H2,1-2H3,(H,24,27). The summed E-state index contributed by atoms with van der Waals surface area (Å²) in [6.45, 7) is 3.84. The van der Waals surface area contributed by atoms with E-state index < -0.39 is 35.4 Å². The van der Waals surface area contributed by atoms with Crippen LogP contribution in [0.4, 0.5) is 17.6 Å². The van der Waals surface area contributed by atoms with Gasteiger partial charge in [0.1, 0.15) is 17.1 Å². The Bertz CT molecular complexity index is 844. The lowest BCUT2D eigenvalue weighted by atomic mass is 9.95. The second kappa shape index (κ2) is 7.70. The van der Waals surface area contributed by atoms with E-state index >= 15 is 0 Å². The Morgan fingerprint density at radius 3 is 2.59 bits per heavy atom. The summed E-state index contributed by atoms with van der Waals surface area (Å²) in [6, 6.07) is 4.48. The zero-order valence-electron chi connectivity index (χ0n) is 15.1. The van der Waals surface area contributed by atoms with Gasteiger partial charge in [0.2, 0.25) is 5.95 Å². The maximum Gasteiger partial charge on any atom is 0.283 e. The predicted octanol–water partition coefficient (Wildman–Crippen LogP) is 4.53. The van der Waals surface area contributed by atoms with E-state index in [4.69, 9.17) is 0 Å². The highest BCUT2D eigenvalue weighted by molar-refractivity contribution is 5.95. The molecule has 2 aromatic rings. The number of hydrogen-bond donors (Lipinski definition) is 1. The minimum atomic E-state index is -3.06. The van der Waals surface area contributed by atoms with E-state index in [0.29, 0.717) is 18.4 Å². The highest BCUT2D eigenvalue weighted by atomic mass is 19.3. The number of hydrogen-bond acceptors (Lipinski definition) is 2. The number of rotatable bonds is 7. The zero-order valence-corrected chi connectivity index (χ0v) is 15.1. The fourth-order valence-electron chi connectivity index (χ4n) is 3.12. The quantitative estimate of drug-likeness (QED) is 0.714. The SMILES string of the molecule is CC(C)c1cccc(F)c1CCNC(=O)c1c(C(F)F)nn(C2CC2)c1F. The molecule has 0 saturated heterocycles. The smallest absolute Gasteiger partial charge is 0.283 e. The lowest BCUT2D eigenvalue weighted by Crippen LogP contribution is -2.28. The highest BCUT2D eigenvalue weighted by Crippen LogP contribution is 2.37. The third kappa shape index (κ3) is 3.99. The van der Waals surface area contributed by atoms with Crippen LogP contribution in [-0.2, 0) is 6.42 Å². The van der Waals surface area contributed by atoms with Crippen molar-refractivity contribution in [2.75, 3.05) is 6.54 Å². The Morgan fingerprint density at radius 2 is 2.00 bits per heavy atom. The molecule has 0 bridgehead atoms. The van der Waals surface area contributed by atoms with Crippen molar-refractivity contribution in [2.24, 2.45) is 0 Å². The molecule has 0 unspecified atom stereocenters. The van der Waals surface area contributed by atoms with Gasteiger partial charge in [0.05, 0.1) is 6.04 Å². The molecule has 1 aliphatic carbocycles. The molecule has 8 heteroatoms. The van der Waals surface area contributed by atoms with Crippen molar-refractivity contribution >= 4 is 5.91 Å². The van der Waals surface area contributed by atoms with E-state index in [1.165, 1.54) is 6.07 Å². The second-order valence-electron chi connectivity index (χ2n) is 7.00. The van der Waals surface area contributed by atoms with Crippen LogP contribution in [0.1, 0.15) is 72.3 Å². The summed E-state index contributed by atoms with van der Waals surface area (Å²) in [4.78, 5) is 12.3. The van der Waals surface area contributed by atoms with Gasteiger partial charge in [-0.15, -0.1) is 0 Å². The van der Waals surface area contributed by atoms with Crippen LogP contribution in [0.15, 0.2) is 18.2 Å². The second-order valence-corrected chi connectivity index (χ2v) is 7.00. The van der Waals surface area contributed by atoms with Crippen LogP contribution in [0.25, 0.3) is 0 Å². The first-order chi connectivity index (χ1) is 12.8. The van der Waals surface area contributed by atoms with Crippen LogP contribution in [-0.4, -0.2) is 22.2 Å². The lowest BCUT2D eigenvalue weighted by Gasteiger charge is -2.14. The first-order valence-corrected chi connectivity index (χ1v) is 8.92. The Morgan fingerprint density at radius 1 is 1.30 bits per heavy atom. The van der Waals surface area contributed by atoms with Gasteiger partial charge in [0.15, 0.2) is 0 Å². The van der Waals surface area contributed by atoms with Crippen molar-refractivity contribution in [1.82, 2.24) is 15.1 Å². The van der Waals surface area contributed by atoms with Gasteiger partial charge >= 0.3 is 0 Å². The summed E-state index contributed by atoms with van der Waals surface area (Å²) in [7, 11) is 0. The van der Waals surface area contributed by atoms with Crippen molar-refractivity contribution in [1.29, 1.82) is 0 Å². The molecule has 1 aromatic heterocycles. The average molecular weight is 383 g/mol. The molecule has 1 aliphatic rings. The summed E-state index contributed by atoms with van der Waals surface area (Å²) < 4.78 is 55.7. The molecule has 1 amide bonds. The number of halogens is 4. The fourth-order valence-corrected chi connectivity index (χ4v) is 3.12. The van der Waals surface area contributed by atoms with Gasteiger partial charge in [-0.3, -0.25) is 4.79 Å². The molecular formula is C19H21F4N3O. The first kappa shape index (κ1) is 19.4. The molecule has 1 heterocycles. The van der Waals surface area contributed by atoms with E-state index in [-0.39, 0.29) is 24.9 Å². The molecule has 1 N–H and O–H groups in total. The van der Waals surface area contributed by atoms with Crippen molar-refractivity contribution in [3.05, 3.63) is 52.3 Å². The molecular weight excluding hydrogens is 362 g/mol. The predicted molar refractivity (Wildman–Crippen MR) is 91.9 cm³/mol. The van der Waals surface area contributed by atoms with Crippen molar-refractivity contribution < 1.29 is 22.4 Å². The average Bonchev–Trinajstić information content (AvgIpc) is 3.38. The maximum atomic E-state index is 14.4.